The first-order chi connectivity index (χ1) is 12.6. The van der Waals surface area contributed by atoms with Gasteiger partial charge in [-0.05, 0) is 49.4 Å². The number of imidazole rings is 1. The predicted octanol–water partition coefficient (Wildman–Crippen LogP) is 4.13. The normalized spacial score (nSPS) is 11.9. The largest absolute Gasteiger partial charge is 0.492 e. The second-order valence-corrected chi connectivity index (χ2v) is 6.28. The van der Waals surface area contributed by atoms with Gasteiger partial charge in [-0.15, -0.1) is 0 Å². The molecule has 1 unspecified atom stereocenters. The molecule has 0 aliphatic rings. The van der Waals surface area contributed by atoms with E-state index in [0.717, 1.165) is 22.6 Å². The third-order valence-corrected chi connectivity index (χ3v) is 4.26. The van der Waals surface area contributed by atoms with E-state index in [1.165, 1.54) is 6.08 Å². The van der Waals surface area contributed by atoms with Crippen LogP contribution in [0.2, 0.25) is 5.02 Å². The van der Waals surface area contributed by atoms with Crippen molar-refractivity contribution >= 4 is 28.5 Å². The van der Waals surface area contributed by atoms with Crippen molar-refractivity contribution in [3.63, 3.8) is 0 Å². The van der Waals surface area contributed by atoms with Gasteiger partial charge in [-0.3, -0.25) is 4.79 Å². The number of rotatable bonds is 7. The van der Waals surface area contributed by atoms with Crippen LogP contribution in [0.25, 0.3) is 11.0 Å². The van der Waals surface area contributed by atoms with Crippen LogP contribution in [0.3, 0.4) is 0 Å². The summed E-state index contributed by atoms with van der Waals surface area (Å²) in [6.07, 6.45) is 1.26. The molecule has 1 atom stereocenters. The van der Waals surface area contributed by atoms with Crippen LogP contribution in [0.5, 0.6) is 5.75 Å². The number of aromatic nitrogens is 2. The van der Waals surface area contributed by atoms with Crippen LogP contribution in [-0.4, -0.2) is 22.1 Å². The summed E-state index contributed by atoms with van der Waals surface area (Å²) in [6.45, 7) is 6.47. The summed E-state index contributed by atoms with van der Waals surface area (Å²) in [5.41, 5.74) is 1.88. The summed E-state index contributed by atoms with van der Waals surface area (Å²) < 4.78 is 7.88. The molecule has 1 heterocycles. The Morgan fingerprint density at radius 2 is 2.04 bits per heavy atom. The lowest BCUT2D eigenvalue weighted by Gasteiger charge is -2.16. The SMILES string of the molecule is C=CC(=O)NC(C)c1nc2ccccc2n1CCOc1ccc(Cl)cc1. The number of hydrogen-bond acceptors (Lipinski definition) is 3. The molecule has 0 fully saturated rings. The number of nitrogens with one attached hydrogen (secondary N) is 1. The van der Waals surface area contributed by atoms with E-state index in [9.17, 15) is 4.79 Å². The van der Waals surface area contributed by atoms with Gasteiger partial charge in [0.05, 0.1) is 23.6 Å². The molecule has 3 aromatic rings. The van der Waals surface area contributed by atoms with E-state index < -0.39 is 0 Å². The van der Waals surface area contributed by atoms with Crippen LogP contribution < -0.4 is 10.1 Å². The van der Waals surface area contributed by atoms with Gasteiger partial charge in [-0.2, -0.15) is 0 Å². The second-order valence-electron chi connectivity index (χ2n) is 5.85. The van der Waals surface area contributed by atoms with Crippen LogP contribution in [0.1, 0.15) is 18.8 Å². The van der Waals surface area contributed by atoms with Gasteiger partial charge in [0.25, 0.3) is 0 Å². The van der Waals surface area contributed by atoms with E-state index in [1.54, 1.807) is 12.1 Å². The summed E-state index contributed by atoms with van der Waals surface area (Å²) in [5.74, 6) is 1.31. The number of hydrogen-bond donors (Lipinski definition) is 1. The van der Waals surface area contributed by atoms with Crippen LogP contribution in [0, 0.1) is 0 Å². The van der Waals surface area contributed by atoms with Gasteiger partial charge in [-0.25, -0.2) is 4.98 Å². The molecule has 0 saturated heterocycles. The molecule has 134 valence electrons. The van der Waals surface area contributed by atoms with Crippen molar-refractivity contribution < 1.29 is 9.53 Å². The fraction of sp³-hybridized carbons (Fsp3) is 0.200. The molecule has 0 spiro atoms. The van der Waals surface area contributed by atoms with Gasteiger partial charge in [-0.1, -0.05) is 30.3 Å². The lowest BCUT2D eigenvalue weighted by Crippen LogP contribution is -2.27. The van der Waals surface area contributed by atoms with Gasteiger partial charge in [0.15, 0.2) is 0 Å². The average Bonchev–Trinajstić information content (AvgIpc) is 3.02. The molecule has 0 radical (unpaired) electrons. The van der Waals surface area contributed by atoms with Crippen molar-refractivity contribution in [2.45, 2.75) is 19.5 Å². The number of ether oxygens (including phenoxy) is 1. The zero-order chi connectivity index (χ0) is 18.5. The molecular weight excluding hydrogens is 350 g/mol. The van der Waals surface area contributed by atoms with Crippen LogP contribution in [0.4, 0.5) is 0 Å². The molecular formula is C20H20ClN3O2. The molecule has 0 saturated carbocycles. The molecule has 1 N–H and O–H groups in total. The van der Waals surface area contributed by atoms with Crippen LogP contribution >= 0.6 is 11.6 Å². The first-order valence-corrected chi connectivity index (χ1v) is 8.72. The maximum Gasteiger partial charge on any atom is 0.243 e. The Labute approximate surface area is 157 Å². The molecule has 5 nitrogen and oxygen atoms in total. The zero-order valence-corrected chi connectivity index (χ0v) is 15.2. The van der Waals surface area contributed by atoms with E-state index in [-0.39, 0.29) is 11.9 Å². The molecule has 1 amide bonds. The van der Waals surface area contributed by atoms with Crippen molar-refractivity contribution in [2.24, 2.45) is 0 Å². The number of halogens is 1. The smallest absolute Gasteiger partial charge is 0.243 e. The maximum atomic E-state index is 11.6. The minimum atomic E-state index is -0.247. The van der Waals surface area contributed by atoms with Crippen molar-refractivity contribution in [2.75, 3.05) is 6.61 Å². The third-order valence-electron chi connectivity index (χ3n) is 4.01. The fourth-order valence-electron chi connectivity index (χ4n) is 2.78. The first kappa shape index (κ1) is 18.0. The van der Waals surface area contributed by atoms with E-state index in [2.05, 4.69) is 21.4 Å². The zero-order valence-electron chi connectivity index (χ0n) is 14.5. The number of benzene rings is 2. The van der Waals surface area contributed by atoms with Gasteiger partial charge in [0, 0.05) is 5.02 Å². The number of fused-ring (bicyclic) bond motifs is 1. The summed E-state index contributed by atoms with van der Waals surface area (Å²) in [7, 11) is 0. The Bertz CT molecular complexity index is 918. The summed E-state index contributed by atoms with van der Waals surface area (Å²) >= 11 is 5.89. The Morgan fingerprint density at radius 3 is 2.77 bits per heavy atom. The van der Waals surface area contributed by atoms with Gasteiger partial charge >= 0.3 is 0 Å². The molecule has 1 aromatic heterocycles. The number of para-hydroxylation sites is 2. The van der Waals surface area contributed by atoms with E-state index >= 15 is 0 Å². The van der Waals surface area contributed by atoms with Crippen molar-refractivity contribution in [1.82, 2.24) is 14.9 Å². The average molecular weight is 370 g/mol. The van der Waals surface area contributed by atoms with Gasteiger partial charge < -0.3 is 14.6 Å². The quantitative estimate of drug-likeness (QED) is 0.637. The van der Waals surface area contributed by atoms with Gasteiger partial charge in [0.2, 0.25) is 5.91 Å². The number of carbonyl (C=O) groups excluding carboxylic acids is 1. The Morgan fingerprint density at radius 1 is 1.31 bits per heavy atom. The van der Waals surface area contributed by atoms with Crippen LogP contribution in [-0.2, 0) is 11.3 Å². The number of amides is 1. The lowest BCUT2D eigenvalue weighted by atomic mass is 10.3. The molecule has 26 heavy (non-hydrogen) atoms. The molecule has 3 rings (SSSR count). The van der Waals surface area contributed by atoms with E-state index in [0.29, 0.717) is 18.2 Å². The summed E-state index contributed by atoms with van der Waals surface area (Å²) in [5, 5.41) is 3.54. The Kier molecular flexibility index (Phi) is 5.58. The molecule has 0 aliphatic heterocycles. The standard InChI is InChI=1S/C20H20ClN3O2/c1-3-19(25)22-14(2)20-23-17-6-4-5-7-18(17)24(20)12-13-26-16-10-8-15(21)9-11-16/h3-11,14H,1,12-13H2,2H3,(H,22,25). The monoisotopic (exact) mass is 369 g/mol. The van der Waals surface area contributed by atoms with Crippen molar-refractivity contribution in [3.05, 3.63) is 72.0 Å². The van der Waals surface area contributed by atoms with E-state index in [4.69, 9.17) is 16.3 Å². The number of nitrogens with zero attached hydrogens (tertiary/aromatic N) is 2. The Hall–Kier alpha value is -2.79. The highest BCUT2D eigenvalue weighted by atomic mass is 35.5. The molecule has 2 aromatic carbocycles. The Balaban J connectivity index is 1.80. The molecule has 0 aliphatic carbocycles. The highest BCUT2D eigenvalue weighted by Gasteiger charge is 2.17. The highest BCUT2D eigenvalue weighted by molar-refractivity contribution is 6.30. The summed E-state index contributed by atoms with van der Waals surface area (Å²) in [4.78, 5) is 16.3. The minimum absolute atomic E-state index is 0.228. The third kappa shape index (κ3) is 4.06. The fourth-order valence-corrected chi connectivity index (χ4v) is 2.91. The topological polar surface area (TPSA) is 56.2 Å². The highest BCUT2D eigenvalue weighted by Crippen LogP contribution is 2.21. The first-order valence-electron chi connectivity index (χ1n) is 8.35. The lowest BCUT2D eigenvalue weighted by molar-refractivity contribution is -0.117. The van der Waals surface area contributed by atoms with Crippen molar-refractivity contribution in [1.29, 1.82) is 0 Å². The number of carbonyl (C=O) groups is 1. The predicted molar refractivity (Wildman–Crippen MR) is 103 cm³/mol. The van der Waals surface area contributed by atoms with Gasteiger partial charge in [0.1, 0.15) is 18.2 Å². The second kappa shape index (κ2) is 8.06. The van der Waals surface area contributed by atoms with Crippen molar-refractivity contribution in [3.8, 4) is 5.75 Å². The molecule has 0 bridgehead atoms. The summed E-state index contributed by atoms with van der Waals surface area (Å²) in [6, 6.07) is 14.9. The maximum absolute atomic E-state index is 11.6. The minimum Gasteiger partial charge on any atom is -0.492 e. The van der Waals surface area contributed by atoms with Crippen LogP contribution in [0.15, 0.2) is 61.2 Å². The van der Waals surface area contributed by atoms with E-state index in [1.807, 2.05) is 43.3 Å². The molecule has 6 heteroatoms.